The average molecular weight is 206 g/mol. The van der Waals surface area contributed by atoms with Gasteiger partial charge in [-0.15, -0.1) is 0 Å². The molecular weight excluding hydrogens is 188 g/mol. The molecular formula is C12H18N2O. The molecule has 0 unspecified atom stereocenters. The normalized spacial score (nSPS) is 16.3. The molecule has 3 nitrogen and oxygen atoms in total. The zero-order chi connectivity index (χ0) is 11.3. The van der Waals surface area contributed by atoms with Crippen LogP contribution in [-0.4, -0.2) is 10.3 Å². The fraction of sp³-hybridized carbons (Fsp3) is 0.500. The molecule has 3 heteroatoms. The monoisotopic (exact) mass is 206 g/mol. The van der Waals surface area contributed by atoms with Crippen LogP contribution in [0.5, 0.6) is 0 Å². The smallest absolute Gasteiger partial charge is 0.134 e. The second-order valence-corrected chi connectivity index (χ2v) is 3.56. The van der Waals surface area contributed by atoms with Crippen LogP contribution >= 0.6 is 0 Å². The van der Waals surface area contributed by atoms with Crippen LogP contribution in [0, 0.1) is 5.41 Å². The number of nitrogens with zero attached hydrogens (tertiary/aromatic N) is 2. The Balaban J connectivity index is 0.000000531. The molecule has 1 aromatic heterocycles. The maximum absolute atomic E-state index is 4.62. The third-order valence-electron chi connectivity index (χ3n) is 2.55. The minimum atomic E-state index is 0.120. The van der Waals surface area contributed by atoms with Gasteiger partial charge >= 0.3 is 0 Å². The number of hydrogen-bond donors (Lipinski definition) is 0. The summed E-state index contributed by atoms with van der Waals surface area (Å²) in [4.78, 5) is 0. The first kappa shape index (κ1) is 11.7. The second-order valence-electron chi connectivity index (χ2n) is 3.56. The van der Waals surface area contributed by atoms with Gasteiger partial charge in [0.15, 0.2) is 0 Å². The summed E-state index contributed by atoms with van der Waals surface area (Å²) in [5, 5.41) is 7.58. The molecule has 0 N–H and O–H groups in total. The van der Waals surface area contributed by atoms with Crippen LogP contribution in [0.4, 0.5) is 0 Å². The Hall–Kier alpha value is -1.38. The largest absolute Gasteiger partial charge is 0.243 e. The van der Waals surface area contributed by atoms with E-state index >= 15 is 0 Å². The van der Waals surface area contributed by atoms with E-state index in [9.17, 15) is 0 Å². The summed E-state index contributed by atoms with van der Waals surface area (Å²) in [6.07, 6.45) is 9.28. The fourth-order valence-corrected chi connectivity index (χ4v) is 1.26. The third kappa shape index (κ3) is 2.55. The lowest BCUT2D eigenvalue weighted by atomic mass is 9.87. The minimum Gasteiger partial charge on any atom is -0.243 e. The van der Waals surface area contributed by atoms with Crippen molar-refractivity contribution in [3.63, 3.8) is 0 Å². The molecule has 0 atom stereocenters. The van der Waals surface area contributed by atoms with E-state index in [1.807, 2.05) is 26.0 Å². The molecule has 0 saturated heterocycles. The highest BCUT2D eigenvalue weighted by Crippen LogP contribution is 2.29. The first-order valence-electron chi connectivity index (χ1n) is 5.44. The average Bonchev–Trinajstić information content (AvgIpc) is 2.68. The first-order valence-corrected chi connectivity index (χ1v) is 5.44. The van der Waals surface area contributed by atoms with Gasteiger partial charge in [-0.05, 0) is 28.9 Å². The van der Waals surface area contributed by atoms with Crippen molar-refractivity contribution in [3.8, 4) is 0 Å². The molecule has 0 radical (unpaired) electrons. The van der Waals surface area contributed by atoms with Gasteiger partial charge in [0.1, 0.15) is 11.4 Å². The minimum absolute atomic E-state index is 0.120. The van der Waals surface area contributed by atoms with Crippen molar-refractivity contribution in [2.45, 2.75) is 34.1 Å². The van der Waals surface area contributed by atoms with Crippen LogP contribution in [0.1, 0.15) is 45.5 Å². The Morgan fingerprint density at radius 3 is 2.00 bits per heavy atom. The number of allylic oxidation sites excluding steroid dienone is 2. The predicted molar refractivity (Wildman–Crippen MR) is 62.1 cm³/mol. The van der Waals surface area contributed by atoms with Gasteiger partial charge in [-0.3, -0.25) is 0 Å². The number of rotatable bonds is 1. The Bertz CT molecular complexity index is 335. The van der Waals surface area contributed by atoms with E-state index in [1.165, 1.54) is 0 Å². The number of hydrogen-bond acceptors (Lipinski definition) is 3. The standard InChI is InChI=1S/C10H12N2O.C2H6/c1-3-10(2)6-4-8-9(5-7-10)12-13-11-8;1-2/h4-7H,3H2,1-2H3;1-2H3. The van der Waals surface area contributed by atoms with Gasteiger partial charge in [0.25, 0.3) is 0 Å². The lowest BCUT2D eigenvalue weighted by Gasteiger charge is -2.17. The summed E-state index contributed by atoms with van der Waals surface area (Å²) in [7, 11) is 0. The van der Waals surface area contributed by atoms with Crippen molar-refractivity contribution in [2.75, 3.05) is 0 Å². The zero-order valence-electron chi connectivity index (χ0n) is 9.82. The molecule has 0 aliphatic heterocycles. The summed E-state index contributed by atoms with van der Waals surface area (Å²) in [5.74, 6) is 0. The molecule has 0 fully saturated rings. The fourth-order valence-electron chi connectivity index (χ4n) is 1.26. The predicted octanol–water partition coefficient (Wildman–Crippen LogP) is 3.55. The van der Waals surface area contributed by atoms with Crippen molar-refractivity contribution in [3.05, 3.63) is 23.5 Å². The molecule has 0 bridgehead atoms. The molecule has 2 rings (SSSR count). The Kier molecular flexibility index (Phi) is 3.83. The molecule has 82 valence electrons. The van der Waals surface area contributed by atoms with E-state index in [-0.39, 0.29) is 5.41 Å². The van der Waals surface area contributed by atoms with Crippen molar-refractivity contribution in [2.24, 2.45) is 5.41 Å². The second kappa shape index (κ2) is 4.91. The van der Waals surface area contributed by atoms with E-state index in [1.54, 1.807) is 0 Å². The molecule has 0 aromatic carbocycles. The van der Waals surface area contributed by atoms with Crippen molar-refractivity contribution in [1.82, 2.24) is 10.3 Å². The molecule has 0 amide bonds. The highest BCUT2D eigenvalue weighted by Gasteiger charge is 2.18. The summed E-state index contributed by atoms with van der Waals surface area (Å²) >= 11 is 0. The van der Waals surface area contributed by atoms with Crippen LogP contribution in [0.3, 0.4) is 0 Å². The molecule has 1 aliphatic rings. The van der Waals surface area contributed by atoms with Crippen molar-refractivity contribution >= 4 is 12.2 Å². The summed E-state index contributed by atoms with van der Waals surface area (Å²) in [6, 6.07) is 0. The Labute approximate surface area is 90.8 Å². The SMILES string of the molecule is CC.CCC1(C)C=Cc2nonc2C=C1. The van der Waals surface area contributed by atoms with E-state index < -0.39 is 0 Å². The Morgan fingerprint density at radius 1 is 1.13 bits per heavy atom. The maximum Gasteiger partial charge on any atom is 0.134 e. The van der Waals surface area contributed by atoms with E-state index in [4.69, 9.17) is 0 Å². The molecule has 0 spiro atoms. The van der Waals surface area contributed by atoms with Gasteiger partial charge in [0.05, 0.1) is 0 Å². The quantitative estimate of drug-likeness (QED) is 0.705. The molecule has 1 heterocycles. The van der Waals surface area contributed by atoms with Gasteiger partial charge in [0, 0.05) is 5.41 Å². The molecule has 0 saturated carbocycles. The molecule has 1 aliphatic carbocycles. The van der Waals surface area contributed by atoms with Crippen LogP contribution in [0.25, 0.3) is 12.2 Å². The summed E-state index contributed by atoms with van der Waals surface area (Å²) < 4.78 is 4.62. The van der Waals surface area contributed by atoms with E-state index in [0.29, 0.717) is 0 Å². The van der Waals surface area contributed by atoms with Crippen LogP contribution in [0.2, 0.25) is 0 Å². The van der Waals surface area contributed by atoms with E-state index in [0.717, 1.165) is 17.8 Å². The van der Waals surface area contributed by atoms with Crippen molar-refractivity contribution < 1.29 is 4.63 Å². The number of fused-ring (bicyclic) bond motifs is 1. The molecule has 1 aromatic rings. The molecule has 15 heavy (non-hydrogen) atoms. The maximum atomic E-state index is 4.62. The van der Waals surface area contributed by atoms with Crippen LogP contribution < -0.4 is 0 Å². The van der Waals surface area contributed by atoms with Gasteiger partial charge < -0.3 is 0 Å². The van der Waals surface area contributed by atoms with Crippen LogP contribution in [-0.2, 0) is 0 Å². The van der Waals surface area contributed by atoms with E-state index in [2.05, 4.69) is 40.9 Å². The van der Waals surface area contributed by atoms with Crippen molar-refractivity contribution in [1.29, 1.82) is 0 Å². The number of aromatic nitrogens is 2. The first-order chi connectivity index (χ1) is 7.23. The summed E-state index contributed by atoms with van der Waals surface area (Å²) in [6.45, 7) is 8.35. The Morgan fingerprint density at radius 2 is 1.60 bits per heavy atom. The lowest BCUT2D eigenvalue weighted by molar-refractivity contribution is 0.305. The van der Waals surface area contributed by atoms with Crippen LogP contribution in [0.15, 0.2) is 16.8 Å². The highest BCUT2D eigenvalue weighted by atomic mass is 16.6. The highest BCUT2D eigenvalue weighted by molar-refractivity contribution is 5.62. The van der Waals surface area contributed by atoms with Gasteiger partial charge in [0.2, 0.25) is 0 Å². The topological polar surface area (TPSA) is 38.9 Å². The van der Waals surface area contributed by atoms with Gasteiger partial charge in [-0.1, -0.05) is 39.8 Å². The van der Waals surface area contributed by atoms with Gasteiger partial charge in [-0.2, -0.15) is 0 Å². The van der Waals surface area contributed by atoms with Gasteiger partial charge in [-0.25, -0.2) is 4.63 Å². The zero-order valence-corrected chi connectivity index (χ0v) is 9.82. The lowest BCUT2D eigenvalue weighted by Crippen LogP contribution is -2.05. The third-order valence-corrected chi connectivity index (χ3v) is 2.55. The summed E-state index contributed by atoms with van der Waals surface area (Å²) in [5.41, 5.74) is 1.75.